The molecule has 0 aliphatic heterocycles. The molecule has 1 aromatic heterocycles. The predicted molar refractivity (Wildman–Crippen MR) is 62.2 cm³/mol. The van der Waals surface area contributed by atoms with Crippen LogP contribution in [-0.4, -0.2) is 24.2 Å². The second-order valence-corrected chi connectivity index (χ2v) is 4.00. The van der Waals surface area contributed by atoms with Crippen LogP contribution in [0.2, 0.25) is 5.02 Å². The topological polar surface area (TPSA) is 42.1 Å². The van der Waals surface area contributed by atoms with Crippen LogP contribution < -0.4 is 10.6 Å². The number of rotatable bonds is 4. The molecule has 3 nitrogen and oxygen atoms in total. The molecule has 0 bridgehead atoms. The molecule has 0 unspecified atom stereocenters. The maximum Gasteiger partial charge on any atom is 0.405 e. The van der Waals surface area contributed by atoms with Gasteiger partial charge in [-0.2, -0.15) is 13.2 Å². The van der Waals surface area contributed by atoms with Crippen LogP contribution in [0.5, 0.6) is 0 Å². The Labute approximate surface area is 102 Å². The normalized spacial score (nSPS) is 11.6. The highest BCUT2D eigenvalue weighted by molar-refractivity contribution is 6.33. The number of nitrogens with two attached hydrogens (primary N) is 1. The summed E-state index contributed by atoms with van der Waals surface area (Å²) in [6.07, 6.45) is -1.16. The van der Waals surface area contributed by atoms with Crippen molar-refractivity contribution >= 4 is 23.0 Å². The van der Waals surface area contributed by atoms with Crippen LogP contribution >= 0.6 is 11.6 Å². The average Bonchev–Trinajstić information content (AvgIpc) is 2.15. The predicted octanol–water partition coefficient (Wildman–Crippen LogP) is 3.10. The summed E-state index contributed by atoms with van der Waals surface area (Å²) in [7, 11) is 0. The number of halogens is 4. The van der Waals surface area contributed by atoms with Gasteiger partial charge in [0.2, 0.25) is 0 Å². The van der Waals surface area contributed by atoms with E-state index < -0.39 is 12.7 Å². The Bertz CT molecular complexity index is 361. The summed E-state index contributed by atoms with van der Waals surface area (Å²) in [4.78, 5) is 4.84. The van der Waals surface area contributed by atoms with Gasteiger partial charge in [-0.25, -0.2) is 0 Å². The van der Waals surface area contributed by atoms with Crippen molar-refractivity contribution in [1.82, 2.24) is 4.98 Å². The lowest BCUT2D eigenvalue weighted by atomic mass is 10.3. The molecule has 0 saturated carbocycles. The first-order valence-corrected chi connectivity index (χ1v) is 5.43. The molecule has 7 heteroatoms. The quantitative estimate of drug-likeness (QED) is 0.911. The summed E-state index contributed by atoms with van der Waals surface area (Å²) in [5.74, 6) is 0. The van der Waals surface area contributed by atoms with Gasteiger partial charge in [-0.05, 0) is 6.42 Å². The van der Waals surface area contributed by atoms with Gasteiger partial charge in [0, 0.05) is 12.7 Å². The van der Waals surface area contributed by atoms with Gasteiger partial charge < -0.3 is 10.6 Å². The van der Waals surface area contributed by atoms with E-state index >= 15 is 0 Å². The standard InChI is InChI=1S/C10H13ClF3N3/c1-2-3-17(6-10(12,13)14)9-7(11)4-16-5-8(9)15/h4-5H,2-3,6,15H2,1H3. The number of anilines is 2. The fourth-order valence-corrected chi connectivity index (χ4v) is 1.82. The number of pyridine rings is 1. The third kappa shape index (κ3) is 3.96. The molecule has 0 radical (unpaired) electrons. The summed E-state index contributed by atoms with van der Waals surface area (Å²) in [5.41, 5.74) is 5.96. The first-order valence-electron chi connectivity index (χ1n) is 5.06. The van der Waals surface area contributed by atoms with Gasteiger partial charge in [0.25, 0.3) is 0 Å². The maximum absolute atomic E-state index is 12.4. The molecule has 17 heavy (non-hydrogen) atoms. The van der Waals surface area contributed by atoms with E-state index in [9.17, 15) is 13.2 Å². The minimum absolute atomic E-state index is 0.128. The number of aromatic nitrogens is 1. The Hall–Kier alpha value is -1.17. The molecular weight excluding hydrogens is 255 g/mol. The van der Waals surface area contributed by atoms with Crippen LogP contribution in [0.15, 0.2) is 12.4 Å². The highest BCUT2D eigenvalue weighted by Crippen LogP contribution is 2.33. The minimum atomic E-state index is -4.30. The van der Waals surface area contributed by atoms with Crippen molar-refractivity contribution in [3.63, 3.8) is 0 Å². The van der Waals surface area contributed by atoms with E-state index in [0.29, 0.717) is 6.42 Å². The Balaban J connectivity index is 3.05. The van der Waals surface area contributed by atoms with E-state index in [1.165, 1.54) is 12.4 Å². The van der Waals surface area contributed by atoms with Gasteiger partial charge in [-0.1, -0.05) is 18.5 Å². The molecule has 0 saturated heterocycles. The summed E-state index contributed by atoms with van der Waals surface area (Å²) >= 11 is 5.84. The van der Waals surface area contributed by atoms with Gasteiger partial charge in [-0.15, -0.1) is 0 Å². The largest absolute Gasteiger partial charge is 0.405 e. The molecule has 0 spiro atoms. The molecule has 0 aliphatic rings. The summed E-state index contributed by atoms with van der Waals surface area (Å²) in [5, 5.41) is 0.128. The van der Waals surface area contributed by atoms with E-state index in [-0.39, 0.29) is 22.9 Å². The third-order valence-corrected chi connectivity index (χ3v) is 2.36. The van der Waals surface area contributed by atoms with Gasteiger partial charge in [0.05, 0.1) is 22.6 Å². The first kappa shape index (κ1) is 13.9. The number of nitrogen functional groups attached to an aromatic ring is 1. The van der Waals surface area contributed by atoms with Gasteiger partial charge >= 0.3 is 6.18 Å². The van der Waals surface area contributed by atoms with Crippen molar-refractivity contribution in [2.24, 2.45) is 0 Å². The molecule has 1 rings (SSSR count). The van der Waals surface area contributed by atoms with Gasteiger partial charge in [0.15, 0.2) is 0 Å². The van der Waals surface area contributed by atoms with Gasteiger partial charge in [-0.3, -0.25) is 4.98 Å². The molecule has 0 fully saturated rings. The molecule has 0 aliphatic carbocycles. The van der Waals surface area contributed by atoms with Crippen LogP contribution in [0.1, 0.15) is 13.3 Å². The highest BCUT2D eigenvalue weighted by Gasteiger charge is 2.32. The Kier molecular flexibility index (Phi) is 4.45. The van der Waals surface area contributed by atoms with Crippen LogP contribution in [0.25, 0.3) is 0 Å². The Morgan fingerprint density at radius 3 is 2.53 bits per heavy atom. The number of nitrogens with zero attached hydrogens (tertiary/aromatic N) is 2. The lowest BCUT2D eigenvalue weighted by Crippen LogP contribution is -2.35. The zero-order valence-electron chi connectivity index (χ0n) is 9.26. The maximum atomic E-state index is 12.4. The lowest BCUT2D eigenvalue weighted by molar-refractivity contribution is -0.119. The molecular formula is C10H13ClF3N3. The molecule has 1 heterocycles. The zero-order valence-corrected chi connectivity index (χ0v) is 10.0. The summed E-state index contributed by atoms with van der Waals surface area (Å²) in [6.45, 7) is 0.941. The van der Waals surface area contributed by atoms with Crippen molar-refractivity contribution in [3.8, 4) is 0 Å². The van der Waals surface area contributed by atoms with Crippen LogP contribution in [0.4, 0.5) is 24.5 Å². The van der Waals surface area contributed by atoms with E-state index in [2.05, 4.69) is 4.98 Å². The first-order chi connectivity index (χ1) is 7.85. The Morgan fingerprint density at radius 1 is 1.41 bits per heavy atom. The zero-order chi connectivity index (χ0) is 13.1. The molecule has 0 atom stereocenters. The second kappa shape index (κ2) is 5.44. The van der Waals surface area contributed by atoms with Crippen molar-refractivity contribution in [3.05, 3.63) is 17.4 Å². The molecule has 96 valence electrons. The summed E-state index contributed by atoms with van der Waals surface area (Å²) in [6, 6.07) is 0. The van der Waals surface area contributed by atoms with Crippen LogP contribution in [0.3, 0.4) is 0 Å². The van der Waals surface area contributed by atoms with Crippen molar-refractivity contribution in [2.75, 3.05) is 23.7 Å². The van der Waals surface area contributed by atoms with Gasteiger partial charge in [0.1, 0.15) is 6.54 Å². The third-order valence-electron chi connectivity index (χ3n) is 2.08. The Morgan fingerprint density at radius 2 is 2.06 bits per heavy atom. The molecule has 0 aromatic carbocycles. The SMILES string of the molecule is CCCN(CC(F)(F)F)c1c(N)cncc1Cl. The van der Waals surface area contributed by atoms with E-state index in [4.69, 9.17) is 17.3 Å². The van der Waals surface area contributed by atoms with Crippen LogP contribution in [-0.2, 0) is 0 Å². The number of alkyl halides is 3. The summed E-state index contributed by atoms with van der Waals surface area (Å²) < 4.78 is 37.3. The van der Waals surface area contributed by atoms with E-state index in [0.717, 1.165) is 4.90 Å². The van der Waals surface area contributed by atoms with Crippen molar-refractivity contribution < 1.29 is 13.2 Å². The van der Waals surface area contributed by atoms with E-state index in [1.807, 2.05) is 0 Å². The monoisotopic (exact) mass is 267 g/mol. The fraction of sp³-hybridized carbons (Fsp3) is 0.500. The molecule has 1 aromatic rings. The minimum Gasteiger partial charge on any atom is -0.396 e. The van der Waals surface area contributed by atoms with E-state index in [1.54, 1.807) is 6.92 Å². The lowest BCUT2D eigenvalue weighted by Gasteiger charge is -2.27. The molecule has 2 N–H and O–H groups in total. The molecule has 0 amide bonds. The highest BCUT2D eigenvalue weighted by atomic mass is 35.5. The van der Waals surface area contributed by atoms with Crippen molar-refractivity contribution in [2.45, 2.75) is 19.5 Å². The van der Waals surface area contributed by atoms with Crippen molar-refractivity contribution in [1.29, 1.82) is 0 Å². The average molecular weight is 268 g/mol. The fourth-order valence-electron chi connectivity index (χ4n) is 1.53. The van der Waals surface area contributed by atoms with Crippen LogP contribution in [0, 0.1) is 0 Å². The number of hydrogen-bond donors (Lipinski definition) is 1. The smallest absolute Gasteiger partial charge is 0.396 e. The second-order valence-electron chi connectivity index (χ2n) is 3.60. The number of hydrogen-bond acceptors (Lipinski definition) is 3.